The molecule has 1 aromatic rings. The van der Waals surface area contributed by atoms with Crippen molar-refractivity contribution >= 4 is 17.7 Å². The summed E-state index contributed by atoms with van der Waals surface area (Å²) in [6.07, 6.45) is 1.70. The van der Waals surface area contributed by atoms with Crippen molar-refractivity contribution in [1.29, 1.82) is 0 Å². The van der Waals surface area contributed by atoms with Crippen LogP contribution < -0.4 is 0 Å². The van der Waals surface area contributed by atoms with Crippen LogP contribution in [0, 0.1) is 6.92 Å². The van der Waals surface area contributed by atoms with Gasteiger partial charge < -0.3 is 0 Å². The molecular weight excluding hydrogens is 146 g/mol. The summed E-state index contributed by atoms with van der Waals surface area (Å²) in [4.78, 5) is 4.14. The summed E-state index contributed by atoms with van der Waals surface area (Å²) in [6, 6.07) is 3.66. The Bertz CT molecular complexity index is 255. The highest BCUT2D eigenvalue weighted by molar-refractivity contribution is 6.31. The quantitative estimate of drug-likeness (QED) is 0.605. The number of aryl methyl sites for hydroxylation is 1. The highest BCUT2D eigenvalue weighted by Crippen LogP contribution is 2.12. The first-order valence-electron chi connectivity index (χ1n) is 2.99. The molecule has 0 N–H and O–H groups in total. The molecule has 0 aromatic carbocycles. The fourth-order valence-corrected chi connectivity index (χ4v) is 0.782. The molecule has 0 spiro atoms. The second-order valence-corrected chi connectivity index (χ2v) is 2.41. The Morgan fingerprint density at radius 3 is 2.80 bits per heavy atom. The van der Waals surface area contributed by atoms with Crippen LogP contribution in [0.25, 0.3) is 6.08 Å². The second kappa shape index (κ2) is 2.84. The van der Waals surface area contributed by atoms with Crippen LogP contribution in [0.5, 0.6) is 0 Å². The summed E-state index contributed by atoms with van der Waals surface area (Å²) in [5, 5.41) is 0.700. The van der Waals surface area contributed by atoms with Crippen molar-refractivity contribution in [2.45, 2.75) is 6.92 Å². The largest absolute Gasteiger partial charge is 0.252 e. The summed E-state index contributed by atoms with van der Waals surface area (Å²) in [5.41, 5.74) is 1.71. The Morgan fingerprint density at radius 1 is 1.60 bits per heavy atom. The molecule has 1 aromatic heterocycles. The SMILES string of the molecule is C=Cc1ccc(Cl)c(C)n1. The van der Waals surface area contributed by atoms with Crippen LogP contribution >= 0.6 is 11.6 Å². The van der Waals surface area contributed by atoms with Gasteiger partial charge in [0.1, 0.15) is 0 Å². The van der Waals surface area contributed by atoms with Crippen LogP contribution in [0.3, 0.4) is 0 Å². The van der Waals surface area contributed by atoms with Crippen molar-refractivity contribution in [1.82, 2.24) is 4.98 Å². The van der Waals surface area contributed by atoms with E-state index < -0.39 is 0 Å². The molecule has 0 saturated heterocycles. The van der Waals surface area contributed by atoms with E-state index in [0.717, 1.165) is 11.4 Å². The van der Waals surface area contributed by atoms with Crippen LogP contribution in [-0.2, 0) is 0 Å². The Morgan fingerprint density at radius 2 is 2.30 bits per heavy atom. The van der Waals surface area contributed by atoms with E-state index in [-0.39, 0.29) is 0 Å². The molecule has 0 unspecified atom stereocenters. The molecule has 0 aliphatic carbocycles. The number of hydrogen-bond acceptors (Lipinski definition) is 1. The lowest BCUT2D eigenvalue weighted by Crippen LogP contribution is -1.84. The molecule has 0 saturated carbocycles. The lowest BCUT2D eigenvalue weighted by Gasteiger charge is -1.96. The van der Waals surface area contributed by atoms with E-state index in [9.17, 15) is 0 Å². The molecule has 52 valence electrons. The standard InChI is InChI=1S/C8H8ClN/c1-3-7-4-5-8(9)6(2)10-7/h3-5H,1H2,2H3. The van der Waals surface area contributed by atoms with E-state index in [1.807, 2.05) is 19.1 Å². The van der Waals surface area contributed by atoms with Gasteiger partial charge >= 0.3 is 0 Å². The summed E-state index contributed by atoms with van der Waals surface area (Å²) in [7, 11) is 0. The fourth-order valence-electron chi connectivity index (χ4n) is 0.677. The molecule has 1 heterocycles. The lowest BCUT2D eigenvalue weighted by molar-refractivity contribution is 1.18. The highest BCUT2D eigenvalue weighted by Gasteiger charge is 1.94. The van der Waals surface area contributed by atoms with Gasteiger partial charge in [-0.2, -0.15) is 0 Å². The molecule has 0 fully saturated rings. The summed E-state index contributed by atoms with van der Waals surface area (Å²) in [6.45, 7) is 5.47. The zero-order valence-corrected chi connectivity index (χ0v) is 6.52. The third-order valence-electron chi connectivity index (χ3n) is 1.25. The topological polar surface area (TPSA) is 12.9 Å². The van der Waals surface area contributed by atoms with Gasteiger partial charge in [-0.3, -0.25) is 4.98 Å². The number of pyridine rings is 1. The maximum Gasteiger partial charge on any atom is 0.0628 e. The van der Waals surface area contributed by atoms with Crippen LogP contribution in [-0.4, -0.2) is 4.98 Å². The zero-order valence-electron chi connectivity index (χ0n) is 5.76. The molecule has 1 rings (SSSR count). The molecule has 0 aliphatic heterocycles. The average Bonchev–Trinajstić information content (AvgIpc) is 1.95. The van der Waals surface area contributed by atoms with Gasteiger partial charge in [-0.05, 0) is 25.1 Å². The molecular formula is C8H8ClN. The molecule has 10 heavy (non-hydrogen) atoms. The minimum atomic E-state index is 0.700. The third-order valence-corrected chi connectivity index (χ3v) is 1.65. The van der Waals surface area contributed by atoms with Crippen LogP contribution in [0.2, 0.25) is 5.02 Å². The fraction of sp³-hybridized carbons (Fsp3) is 0.125. The number of aromatic nitrogens is 1. The van der Waals surface area contributed by atoms with Gasteiger partial charge in [0, 0.05) is 0 Å². The molecule has 0 radical (unpaired) electrons. The molecule has 0 aliphatic rings. The van der Waals surface area contributed by atoms with Gasteiger partial charge in [-0.1, -0.05) is 18.2 Å². The molecule has 0 atom stereocenters. The van der Waals surface area contributed by atoms with E-state index in [1.165, 1.54) is 0 Å². The van der Waals surface area contributed by atoms with E-state index >= 15 is 0 Å². The van der Waals surface area contributed by atoms with Gasteiger partial charge in [0.15, 0.2) is 0 Å². The van der Waals surface area contributed by atoms with Gasteiger partial charge in [-0.25, -0.2) is 0 Å². The predicted octanol–water partition coefficient (Wildman–Crippen LogP) is 2.69. The summed E-state index contributed by atoms with van der Waals surface area (Å²) < 4.78 is 0. The number of nitrogens with zero attached hydrogens (tertiary/aromatic N) is 1. The number of halogens is 1. The third kappa shape index (κ3) is 1.36. The van der Waals surface area contributed by atoms with E-state index in [4.69, 9.17) is 11.6 Å². The van der Waals surface area contributed by atoms with E-state index in [2.05, 4.69) is 11.6 Å². The minimum Gasteiger partial charge on any atom is -0.252 e. The summed E-state index contributed by atoms with van der Waals surface area (Å²) in [5.74, 6) is 0. The van der Waals surface area contributed by atoms with Gasteiger partial charge in [0.25, 0.3) is 0 Å². The Labute approximate surface area is 65.4 Å². The van der Waals surface area contributed by atoms with Gasteiger partial charge in [-0.15, -0.1) is 0 Å². The number of hydrogen-bond donors (Lipinski definition) is 0. The van der Waals surface area contributed by atoms with Crippen LogP contribution in [0.4, 0.5) is 0 Å². The molecule has 0 bridgehead atoms. The predicted molar refractivity (Wildman–Crippen MR) is 44.1 cm³/mol. The summed E-state index contributed by atoms with van der Waals surface area (Å²) >= 11 is 5.74. The van der Waals surface area contributed by atoms with Crippen molar-refractivity contribution in [3.05, 3.63) is 35.1 Å². The van der Waals surface area contributed by atoms with Crippen molar-refractivity contribution in [2.75, 3.05) is 0 Å². The highest BCUT2D eigenvalue weighted by atomic mass is 35.5. The molecule has 2 heteroatoms. The first-order valence-corrected chi connectivity index (χ1v) is 3.37. The van der Waals surface area contributed by atoms with E-state index in [1.54, 1.807) is 6.08 Å². The Kier molecular flexibility index (Phi) is 2.07. The normalized spacial score (nSPS) is 9.40. The van der Waals surface area contributed by atoms with Crippen LogP contribution in [0.15, 0.2) is 18.7 Å². The van der Waals surface area contributed by atoms with Gasteiger partial charge in [0.2, 0.25) is 0 Å². The van der Waals surface area contributed by atoms with E-state index in [0.29, 0.717) is 5.02 Å². The monoisotopic (exact) mass is 153 g/mol. The Balaban J connectivity index is 3.16. The second-order valence-electron chi connectivity index (χ2n) is 2.01. The lowest BCUT2D eigenvalue weighted by atomic mass is 10.3. The van der Waals surface area contributed by atoms with Gasteiger partial charge in [0.05, 0.1) is 16.4 Å². The molecule has 1 nitrogen and oxygen atoms in total. The molecule has 0 amide bonds. The zero-order chi connectivity index (χ0) is 7.56. The number of rotatable bonds is 1. The maximum atomic E-state index is 5.74. The van der Waals surface area contributed by atoms with Crippen molar-refractivity contribution in [3.63, 3.8) is 0 Å². The maximum absolute atomic E-state index is 5.74. The Hall–Kier alpha value is -0.820. The first kappa shape index (κ1) is 7.29. The van der Waals surface area contributed by atoms with Crippen molar-refractivity contribution in [3.8, 4) is 0 Å². The average molecular weight is 154 g/mol. The first-order chi connectivity index (χ1) is 4.74. The smallest absolute Gasteiger partial charge is 0.0628 e. The van der Waals surface area contributed by atoms with Crippen LogP contribution in [0.1, 0.15) is 11.4 Å². The minimum absolute atomic E-state index is 0.700. The van der Waals surface area contributed by atoms with Crippen molar-refractivity contribution in [2.24, 2.45) is 0 Å². The van der Waals surface area contributed by atoms with Crippen molar-refractivity contribution < 1.29 is 0 Å².